The van der Waals surface area contributed by atoms with Gasteiger partial charge in [-0.1, -0.05) is 158 Å². The second-order valence-electron chi connectivity index (χ2n) is 14.4. The Morgan fingerprint density at radius 3 is 1.66 bits per heavy atom. The molecule has 0 unspecified atom stereocenters. The van der Waals surface area contributed by atoms with Gasteiger partial charge in [0.1, 0.15) is 11.2 Å². The number of hydrogen-bond donors (Lipinski definition) is 0. The molecule has 12 aromatic rings. The molecule has 9 aromatic carbocycles. The first-order valence-electron chi connectivity index (χ1n) is 18.9. The molecule has 56 heavy (non-hydrogen) atoms. The van der Waals surface area contributed by atoms with Crippen LogP contribution in [0.15, 0.2) is 186 Å². The minimum absolute atomic E-state index is 0.547. The molecule has 0 saturated heterocycles. The van der Waals surface area contributed by atoms with Crippen LogP contribution in [0.25, 0.3) is 116 Å². The summed E-state index contributed by atoms with van der Waals surface area (Å²) in [6, 6.07) is 63.9. The Bertz CT molecular complexity index is 3460. The van der Waals surface area contributed by atoms with Crippen molar-refractivity contribution in [2.75, 3.05) is 0 Å². The highest BCUT2D eigenvalue weighted by molar-refractivity contribution is 6.24. The van der Waals surface area contributed by atoms with E-state index in [0.717, 1.165) is 76.8 Å². The Kier molecular flexibility index (Phi) is 6.56. The fraction of sp³-hybridized carbons (Fsp3) is 0. The highest BCUT2D eigenvalue weighted by atomic mass is 16.3. The molecule has 12 rings (SSSR count). The van der Waals surface area contributed by atoms with Crippen molar-refractivity contribution in [2.45, 2.75) is 0 Å². The molecule has 0 atom stereocenters. The van der Waals surface area contributed by atoms with E-state index in [0.29, 0.717) is 17.6 Å². The van der Waals surface area contributed by atoms with Crippen molar-refractivity contribution >= 4 is 76.1 Å². The summed E-state index contributed by atoms with van der Waals surface area (Å²) in [4.78, 5) is 15.9. The van der Waals surface area contributed by atoms with Gasteiger partial charge in [0.15, 0.2) is 11.6 Å². The average Bonchev–Trinajstić information content (AvgIpc) is 3.82. The van der Waals surface area contributed by atoms with Gasteiger partial charge in [0.05, 0.1) is 11.0 Å². The maximum Gasteiger partial charge on any atom is 0.238 e. The normalized spacial score (nSPS) is 11.9. The molecule has 260 valence electrons. The van der Waals surface area contributed by atoms with E-state index in [4.69, 9.17) is 19.4 Å². The predicted octanol–water partition coefficient (Wildman–Crippen LogP) is 13.3. The third kappa shape index (κ3) is 4.64. The molecule has 0 fully saturated rings. The van der Waals surface area contributed by atoms with Crippen LogP contribution < -0.4 is 0 Å². The number of benzene rings is 9. The standard InChI is InChI=1S/C51H30N4O/c1-3-14-34-29-36(25-23-31(34)11-1)49-52-50(37-26-24-32-12-2-4-15-35(32)30-37)54-51(53-49)55-44-28-27-33-13-5-6-16-38(33)46(44)43-21-9-18-40(47(43)55)42-20-10-19-41-39-17-7-8-22-45(39)56-48(41)42/h1-30H. The maximum absolute atomic E-state index is 6.65. The van der Waals surface area contributed by atoms with Crippen LogP contribution in [0.2, 0.25) is 0 Å². The van der Waals surface area contributed by atoms with Gasteiger partial charge in [-0.25, -0.2) is 4.98 Å². The molecule has 5 heteroatoms. The van der Waals surface area contributed by atoms with E-state index in [9.17, 15) is 0 Å². The highest BCUT2D eigenvalue weighted by Gasteiger charge is 2.23. The van der Waals surface area contributed by atoms with Crippen LogP contribution in [0.1, 0.15) is 0 Å². The van der Waals surface area contributed by atoms with Crippen LogP contribution in [0.3, 0.4) is 0 Å². The van der Waals surface area contributed by atoms with Crippen molar-refractivity contribution < 1.29 is 4.42 Å². The largest absolute Gasteiger partial charge is 0.455 e. The predicted molar refractivity (Wildman–Crippen MR) is 230 cm³/mol. The van der Waals surface area contributed by atoms with Crippen LogP contribution in [-0.2, 0) is 0 Å². The van der Waals surface area contributed by atoms with Crippen molar-refractivity contribution in [3.8, 4) is 39.9 Å². The molecule has 5 nitrogen and oxygen atoms in total. The number of para-hydroxylation sites is 3. The minimum Gasteiger partial charge on any atom is -0.455 e. The summed E-state index contributed by atoms with van der Waals surface area (Å²) in [5, 5.41) is 11.4. The molecule has 0 spiro atoms. The molecular formula is C51H30N4O. The summed E-state index contributed by atoms with van der Waals surface area (Å²) in [5.41, 5.74) is 7.64. The lowest BCUT2D eigenvalue weighted by Crippen LogP contribution is -2.07. The molecule has 3 heterocycles. The Morgan fingerprint density at radius 2 is 0.946 bits per heavy atom. The molecular weight excluding hydrogens is 685 g/mol. The molecule has 0 bridgehead atoms. The average molecular weight is 715 g/mol. The maximum atomic E-state index is 6.65. The van der Waals surface area contributed by atoms with E-state index in [1.165, 1.54) is 21.5 Å². The summed E-state index contributed by atoms with van der Waals surface area (Å²) < 4.78 is 8.89. The zero-order chi connectivity index (χ0) is 36.7. The molecule has 0 saturated carbocycles. The van der Waals surface area contributed by atoms with Gasteiger partial charge in [0.25, 0.3) is 0 Å². The van der Waals surface area contributed by atoms with Gasteiger partial charge >= 0.3 is 0 Å². The second-order valence-corrected chi connectivity index (χ2v) is 14.4. The van der Waals surface area contributed by atoms with Crippen molar-refractivity contribution in [3.63, 3.8) is 0 Å². The zero-order valence-electron chi connectivity index (χ0n) is 30.0. The van der Waals surface area contributed by atoms with Gasteiger partial charge in [-0.05, 0) is 56.6 Å². The topological polar surface area (TPSA) is 56.7 Å². The van der Waals surface area contributed by atoms with Gasteiger partial charge in [0.2, 0.25) is 5.95 Å². The Morgan fingerprint density at radius 1 is 0.393 bits per heavy atom. The van der Waals surface area contributed by atoms with Crippen LogP contribution in [0.4, 0.5) is 0 Å². The molecule has 0 aliphatic carbocycles. The lowest BCUT2D eigenvalue weighted by molar-refractivity contribution is 0.670. The van der Waals surface area contributed by atoms with Gasteiger partial charge in [-0.15, -0.1) is 0 Å². The van der Waals surface area contributed by atoms with Gasteiger partial charge < -0.3 is 4.42 Å². The monoisotopic (exact) mass is 714 g/mol. The quantitative estimate of drug-likeness (QED) is 0.182. The van der Waals surface area contributed by atoms with Crippen LogP contribution in [-0.4, -0.2) is 19.5 Å². The van der Waals surface area contributed by atoms with E-state index >= 15 is 0 Å². The first-order chi connectivity index (χ1) is 27.7. The fourth-order valence-electron chi connectivity index (χ4n) is 8.60. The zero-order valence-corrected chi connectivity index (χ0v) is 30.0. The Hall–Kier alpha value is -7.63. The number of fused-ring (bicyclic) bond motifs is 10. The SMILES string of the molecule is c1ccc2cc(-c3nc(-c4ccc5ccccc5c4)nc(-n4c5ccc6ccccc6c5c5cccc(-c6cccc7c6oc6ccccc67)c54)n3)ccc2c1. The van der Waals surface area contributed by atoms with Gasteiger partial charge in [-0.2, -0.15) is 9.97 Å². The van der Waals surface area contributed by atoms with E-state index < -0.39 is 0 Å². The lowest BCUT2D eigenvalue weighted by atomic mass is 9.98. The molecule has 0 aliphatic rings. The third-order valence-corrected chi connectivity index (χ3v) is 11.2. The van der Waals surface area contributed by atoms with Crippen LogP contribution in [0.5, 0.6) is 0 Å². The molecule has 0 radical (unpaired) electrons. The molecule has 0 aliphatic heterocycles. The van der Waals surface area contributed by atoms with E-state index in [1.807, 2.05) is 12.1 Å². The van der Waals surface area contributed by atoms with E-state index in [1.54, 1.807) is 0 Å². The first kappa shape index (κ1) is 30.8. The number of rotatable bonds is 4. The Labute approximate surface area is 320 Å². The number of nitrogens with zero attached hydrogens (tertiary/aromatic N) is 4. The van der Waals surface area contributed by atoms with E-state index in [-0.39, 0.29) is 0 Å². The molecule has 0 N–H and O–H groups in total. The summed E-state index contributed by atoms with van der Waals surface area (Å²) in [5.74, 6) is 1.76. The summed E-state index contributed by atoms with van der Waals surface area (Å²) in [7, 11) is 0. The smallest absolute Gasteiger partial charge is 0.238 e. The summed E-state index contributed by atoms with van der Waals surface area (Å²) in [6.45, 7) is 0. The lowest BCUT2D eigenvalue weighted by Gasteiger charge is -2.13. The summed E-state index contributed by atoms with van der Waals surface area (Å²) in [6.07, 6.45) is 0. The van der Waals surface area contributed by atoms with Crippen molar-refractivity contribution in [2.24, 2.45) is 0 Å². The van der Waals surface area contributed by atoms with Crippen LogP contribution >= 0.6 is 0 Å². The van der Waals surface area contributed by atoms with E-state index in [2.05, 4.69) is 174 Å². The third-order valence-electron chi connectivity index (χ3n) is 11.2. The van der Waals surface area contributed by atoms with Crippen molar-refractivity contribution in [1.82, 2.24) is 19.5 Å². The van der Waals surface area contributed by atoms with Crippen LogP contribution in [0, 0.1) is 0 Å². The molecule has 3 aromatic heterocycles. The van der Waals surface area contributed by atoms with Gasteiger partial charge in [0, 0.05) is 43.8 Å². The Balaban J connectivity index is 1.21. The highest BCUT2D eigenvalue weighted by Crippen LogP contribution is 2.44. The van der Waals surface area contributed by atoms with Crippen molar-refractivity contribution in [1.29, 1.82) is 0 Å². The number of hydrogen-bond acceptors (Lipinski definition) is 4. The fourth-order valence-corrected chi connectivity index (χ4v) is 8.60. The number of furan rings is 1. The van der Waals surface area contributed by atoms with Crippen molar-refractivity contribution in [3.05, 3.63) is 182 Å². The number of aromatic nitrogens is 4. The second kappa shape index (κ2) is 11.9. The minimum atomic E-state index is 0.547. The van der Waals surface area contributed by atoms with Gasteiger partial charge in [-0.3, -0.25) is 4.57 Å². The first-order valence-corrected chi connectivity index (χ1v) is 18.9. The summed E-state index contributed by atoms with van der Waals surface area (Å²) >= 11 is 0. The molecule has 0 amide bonds.